The van der Waals surface area contributed by atoms with Crippen LogP contribution in [0.2, 0.25) is 0 Å². The van der Waals surface area contributed by atoms with E-state index < -0.39 is 0 Å². The Kier molecular flexibility index (Phi) is 3.84. The van der Waals surface area contributed by atoms with Crippen LogP contribution in [0, 0.1) is 5.92 Å². The number of rotatable bonds is 3. The molecule has 1 atom stereocenters. The Labute approximate surface area is 104 Å². The number of benzene rings is 1. The van der Waals surface area contributed by atoms with E-state index in [0.29, 0.717) is 5.92 Å². The number of hydrogen-bond acceptors (Lipinski definition) is 3. The van der Waals surface area contributed by atoms with Gasteiger partial charge in [0.25, 0.3) is 0 Å². The normalized spacial score (nSPS) is 20.4. The van der Waals surface area contributed by atoms with Gasteiger partial charge in [-0.25, -0.2) is 0 Å². The van der Waals surface area contributed by atoms with Gasteiger partial charge in [0.05, 0.1) is 6.61 Å². The molecule has 0 aromatic heterocycles. The standard InChI is InChI=1S/C12H16BrNO2/c13-12-5-11(2-1-10(12)8-16)14-4-3-9(6-14)7-15/h1-2,5,9,15-16H,3-4,6-8H2. The van der Waals surface area contributed by atoms with Crippen molar-refractivity contribution in [2.75, 3.05) is 24.6 Å². The number of halogens is 1. The van der Waals surface area contributed by atoms with E-state index in [2.05, 4.69) is 20.8 Å². The molecule has 0 amide bonds. The lowest BCUT2D eigenvalue weighted by atomic mass is 10.1. The van der Waals surface area contributed by atoms with E-state index in [9.17, 15) is 0 Å². The van der Waals surface area contributed by atoms with Crippen molar-refractivity contribution in [1.29, 1.82) is 0 Å². The topological polar surface area (TPSA) is 43.7 Å². The van der Waals surface area contributed by atoms with Crippen molar-refractivity contribution >= 4 is 21.6 Å². The van der Waals surface area contributed by atoms with Gasteiger partial charge in [-0.1, -0.05) is 22.0 Å². The minimum atomic E-state index is 0.0557. The Morgan fingerprint density at radius 1 is 1.38 bits per heavy atom. The molecular weight excluding hydrogens is 270 g/mol. The third kappa shape index (κ3) is 2.39. The molecule has 16 heavy (non-hydrogen) atoms. The van der Waals surface area contributed by atoms with Crippen molar-refractivity contribution in [3.05, 3.63) is 28.2 Å². The second kappa shape index (κ2) is 5.17. The molecule has 0 bridgehead atoms. The smallest absolute Gasteiger partial charge is 0.0692 e. The Morgan fingerprint density at radius 3 is 2.75 bits per heavy atom. The fourth-order valence-corrected chi connectivity index (χ4v) is 2.57. The van der Waals surface area contributed by atoms with Crippen LogP contribution in [0.25, 0.3) is 0 Å². The molecule has 3 nitrogen and oxygen atoms in total. The van der Waals surface area contributed by atoms with Gasteiger partial charge in [0.1, 0.15) is 0 Å². The van der Waals surface area contributed by atoms with E-state index in [1.54, 1.807) is 0 Å². The SMILES string of the molecule is OCc1ccc(N2CCC(CO)C2)cc1Br. The van der Waals surface area contributed by atoms with Crippen LogP contribution in [0.5, 0.6) is 0 Å². The fourth-order valence-electron chi connectivity index (χ4n) is 2.08. The Balaban J connectivity index is 2.13. The second-order valence-corrected chi connectivity index (χ2v) is 5.07. The summed E-state index contributed by atoms with van der Waals surface area (Å²) in [6.07, 6.45) is 1.05. The van der Waals surface area contributed by atoms with Gasteiger partial charge in [-0.15, -0.1) is 0 Å². The lowest BCUT2D eigenvalue weighted by Gasteiger charge is -2.19. The summed E-state index contributed by atoms with van der Waals surface area (Å²) in [7, 11) is 0. The molecule has 1 aromatic rings. The lowest BCUT2D eigenvalue weighted by Crippen LogP contribution is -2.20. The molecule has 1 saturated heterocycles. The van der Waals surface area contributed by atoms with Gasteiger partial charge in [-0.3, -0.25) is 0 Å². The highest BCUT2D eigenvalue weighted by Gasteiger charge is 2.22. The van der Waals surface area contributed by atoms with Crippen LogP contribution in [-0.2, 0) is 6.61 Å². The van der Waals surface area contributed by atoms with E-state index in [1.165, 1.54) is 0 Å². The van der Waals surface area contributed by atoms with E-state index in [4.69, 9.17) is 10.2 Å². The van der Waals surface area contributed by atoms with Crippen LogP contribution in [0.3, 0.4) is 0 Å². The van der Waals surface area contributed by atoms with E-state index >= 15 is 0 Å². The molecule has 2 N–H and O–H groups in total. The van der Waals surface area contributed by atoms with E-state index in [1.807, 2.05) is 18.2 Å². The highest BCUT2D eigenvalue weighted by atomic mass is 79.9. The first-order valence-electron chi connectivity index (χ1n) is 5.49. The number of aliphatic hydroxyl groups excluding tert-OH is 2. The molecule has 88 valence electrons. The zero-order chi connectivity index (χ0) is 11.5. The minimum absolute atomic E-state index is 0.0557. The molecule has 2 rings (SSSR count). The zero-order valence-corrected chi connectivity index (χ0v) is 10.7. The van der Waals surface area contributed by atoms with Gasteiger partial charge in [0.15, 0.2) is 0 Å². The lowest BCUT2D eigenvalue weighted by molar-refractivity contribution is 0.238. The summed E-state index contributed by atoms with van der Waals surface area (Å²) < 4.78 is 0.944. The van der Waals surface area contributed by atoms with Crippen LogP contribution < -0.4 is 4.90 Å². The van der Waals surface area contributed by atoms with Gasteiger partial charge >= 0.3 is 0 Å². The molecule has 0 radical (unpaired) electrons. The average Bonchev–Trinajstić information content (AvgIpc) is 2.77. The van der Waals surface area contributed by atoms with Crippen LogP contribution >= 0.6 is 15.9 Å². The highest BCUT2D eigenvalue weighted by Crippen LogP contribution is 2.28. The molecular formula is C12H16BrNO2. The zero-order valence-electron chi connectivity index (χ0n) is 9.06. The van der Waals surface area contributed by atoms with Gasteiger partial charge in [-0.2, -0.15) is 0 Å². The monoisotopic (exact) mass is 285 g/mol. The van der Waals surface area contributed by atoms with Crippen molar-refractivity contribution in [2.24, 2.45) is 5.92 Å². The maximum Gasteiger partial charge on any atom is 0.0692 e. The Morgan fingerprint density at radius 2 is 2.19 bits per heavy atom. The molecule has 1 unspecified atom stereocenters. The average molecular weight is 286 g/mol. The summed E-state index contributed by atoms with van der Waals surface area (Å²) in [5, 5.41) is 18.2. The molecule has 0 saturated carbocycles. The number of hydrogen-bond donors (Lipinski definition) is 2. The van der Waals surface area contributed by atoms with Crippen LogP contribution in [0.4, 0.5) is 5.69 Å². The largest absolute Gasteiger partial charge is 0.396 e. The molecule has 1 aliphatic rings. The summed E-state index contributed by atoms with van der Waals surface area (Å²) in [6.45, 7) is 2.24. The Hall–Kier alpha value is -0.580. The number of anilines is 1. The third-order valence-corrected chi connectivity index (χ3v) is 3.85. The molecule has 1 fully saturated rings. The second-order valence-electron chi connectivity index (χ2n) is 4.22. The predicted octanol–water partition coefficient (Wildman–Crippen LogP) is 1.76. The van der Waals surface area contributed by atoms with E-state index in [-0.39, 0.29) is 13.2 Å². The van der Waals surface area contributed by atoms with Crippen molar-refractivity contribution in [2.45, 2.75) is 13.0 Å². The summed E-state index contributed by atoms with van der Waals surface area (Å²) in [5.41, 5.74) is 2.06. The van der Waals surface area contributed by atoms with Gasteiger partial charge in [0.2, 0.25) is 0 Å². The summed E-state index contributed by atoms with van der Waals surface area (Å²) in [5.74, 6) is 0.399. The number of nitrogens with zero attached hydrogens (tertiary/aromatic N) is 1. The molecule has 0 spiro atoms. The first kappa shape index (κ1) is 11.9. The first-order valence-corrected chi connectivity index (χ1v) is 6.29. The maximum absolute atomic E-state index is 9.10. The van der Waals surface area contributed by atoms with Crippen LogP contribution in [0.15, 0.2) is 22.7 Å². The molecule has 0 aliphatic carbocycles. The Bertz CT molecular complexity index is 370. The molecule has 1 aromatic carbocycles. The van der Waals surface area contributed by atoms with Crippen molar-refractivity contribution in [1.82, 2.24) is 0 Å². The third-order valence-electron chi connectivity index (χ3n) is 3.12. The molecule has 1 aliphatic heterocycles. The van der Waals surface area contributed by atoms with Gasteiger partial charge in [-0.05, 0) is 24.1 Å². The first-order chi connectivity index (χ1) is 7.74. The van der Waals surface area contributed by atoms with E-state index in [0.717, 1.165) is 35.2 Å². The summed E-state index contributed by atoms with van der Waals surface area (Å²) >= 11 is 3.45. The maximum atomic E-state index is 9.10. The van der Waals surface area contributed by atoms with Crippen molar-refractivity contribution in [3.63, 3.8) is 0 Å². The van der Waals surface area contributed by atoms with Gasteiger partial charge < -0.3 is 15.1 Å². The number of aliphatic hydroxyl groups is 2. The fraction of sp³-hybridized carbons (Fsp3) is 0.500. The van der Waals surface area contributed by atoms with Crippen molar-refractivity contribution < 1.29 is 10.2 Å². The quantitative estimate of drug-likeness (QED) is 0.890. The summed E-state index contributed by atoms with van der Waals surface area (Å²) in [6, 6.07) is 5.99. The molecule has 1 heterocycles. The summed E-state index contributed by atoms with van der Waals surface area (Å²) in [4.78, 5) is 2.27. The van der Waals surface area contributed by atoms with Crippen molar-refractivity contribution in [3.8, 4) is 0 Å². The van der Waals surface area contributed by atoms with Crippen LogP contribution in [-0.4, -0.2) is 29.9 Å². The predicted molar refractivity (Wildman–Crippen MR) is 67.5 cm³/mol. The minimum Gasteiger partial charge on any atom is -0.396 e. The molecule has 4 heteroatoms. The van der Waals surface area contributed by atoms with Crippen LogP contribution in [0.1, 0.15) is 12.0 Å². The highest BCUT2D eigenvalue weighted by molar-refractivity contribution is 9.10. The van der Waals surface area contributed by atoms with Gasteiger partial charge in [0, 0.05) is 35.8 Å².